The van der Waals surface area contributed by atoms with Crippen molar-refractivity contribution >= 4 is 46.9 Å². The van der Waals surface area contributed by atoms with Crippen LogP contribution >= 0.6 is 11.6 Å². The van der Waals surface area contributed by atoms with Crippen LogP contribution in [0.2, 0.25) is 5.02 Å². The number of hydrazine groups is 1. The number of aliphatic carboxylic acids is 1. The fraction of sp³-hybridized carbons (Fsp3) is 0.324. The Labute approximate surface area is 291 Å². The van der Waals surface area contributed by atoms with Crippen molar-refractivity contribution in [3.05, 3.63) is 100 Å². The number of carbonyl (C=O) groups is 5. The summed E-state index contributed by atoms with van der Waals surface area (Å²) in [6.07, 6.45) is 1.92. The van der Waals surface area contributed by atoms with E-state index in [1.807, 2.05) is 6.08 Å². The second-order valence-electron chi connectivity index (χ2n) is 13.1. The minimum absolute atomic E-state index is 0.0189. The first kappa shape index (κ1) is 33.3. The second-order valence-corrected chi connectivity index (χ2v) is 13.5. The maximum atomic E-state index is 15.1. The molecule has 2 saturated heterocycles. The number of imide groups is 2. The van der Waals surface area contributed by atoms with Crippen LogP contribution in [0.15, 0.2) is 78.4 Å². The first-order valence-electron chi connectivity index (χ1n) is 16.3. The van der Waals surface area contributed by atoms with Gasteiger partial charge in [-0.05, 0) is 73.2 Å². The summed E-state index contributed by atoms with van der Waals surface area (Å²) < 4.78 is 19.3. The number of fused-ring (bicyclic) bond motifs is 4. The van der Waals surface area contributed by atoms with Gasteiger partial charge in [0, 0.05) is 29.5 Å². The lowest BCUT2D eigenvalue weighted by Gasteiger charge is -2.50. The van der Waals surface area contributed by atoms with Crippen molar-refractivity contribution < 1.29 is 43.3 Å². The predicted octanol–water partition coefficient (Wildman–Crippen LogP) is 5.04. The van der Waals surface area contributed by atoms with Gasteiger partial charge in [-0.2, -0.15) is 5.01 Å². The average Bonchev–Trinajstić information content (AvgIpc) is 3.47. The number of carboxylic acid groups (broad SMARTS) is 1. The molecule has 11 nitrogen and oxygen atoms in total. The van der Waals surface area contributed by atoms with Crippen LogP contribution in [0, 0.1) is 29.5 Å². The van der Waals surface area contributed by atoms with Crippen LogP contribution in [0.4, 0.5) is 10.1 Å². The summed E-state index contributed by atoms with van der Waals surface area (Å²) in [6.45, 7) is -0.0515. The predicted molar refractivity (Wildman–Crippen MR) is 177 cm³/mol. The molecule has 2 heterocycles. The van der Waals surface area contributed by atoms with Crippen LogP contribution < -0.4 is 10.2 Å². The first-order valence-corrected chi connectivity index (χ1v) is 16.7. The minimum atomic E-state index is -1.67. The van der Waals surface area contributed by atoms with Gasteiger partial charge in [0.15, 0.2) is 11.5 Å². The summed E-state index contributed by atoms with van der Waals surface area (Å²) in [5.41, 5.74) is 2.86. The molecule has 3 fully saturated rings. The van der Waals surface area contributed by atoms with Gasteiger partial charge in [-0.3, -0.25) is 34.3 Å². The number of aromatic hydroxyl groups is 1. The van der Waals surface area contributed by atoms with Crippen molar-refractivity contribution in [1.29, 1.82) is 0 Å². The van der Waals surface area contributed by atoms with Crippen LogP contribution in [0.3, 0.4) is 0 Å². The number of methoxy groups -OCH3 is 1. The van der Waals surface area contributed by atoms with Crippen LogP contribution in [0.1, 0.15) is 42.7 Å². The zero-order chi connectivity index (χ0) is 35.5. The molecule has 3 N–H and O–H groups in total. The van der Waals surface area contributed by atoms with Gasteiger partial charge >= 0.3 is 5.97 Å². The fourth-order valence-electron chi connectivity index (χ4n) is 8.61. The van der Waals surface area contributed by atoms with Crippen LogP contribution in [0.25, 0.3) is 0 Å². The van der Waals surface area contributed by atoms with E-state index in [1.165, 1.54) is 31.4 Å². The number of carbonyl (C=O) groups excluding carboxylic acids is 4. The molecule has 0 radical (unpaired) electrons. The lowest BCUT2D eigenvalue weighted by molar-refractivity contribution is -0.142. The van der Waals surface area contributed by atoms with Gasteiger partial charge in [0.25, 0.3) is 11.8 Å². The van der Waals surface area contributed by atoms with Crippen molar-refractivity contribution in [2.75, 3.05) is 19.1 Å². The van der Waals surface area contributed by atoms with E-state index in [-0.39, 0.29) is 49.4 Å². The molecule has 2 aliphatic heterocycles. The van der Waals surface area contributed by atoms with Crippen molar-refractivity contribution in [2.45, 2.75) is 37.0 Å². The van der Waals surface area contributed by atoms with E-state index in [9.17, 15) is 28.7 Å². The lowest BCUT2D eigenvalue weighted by atomic mass is 9.49. The monoisotopic (exact) mass is 701 g/mol. The topological polar surface area (TPSA) is 154 Å². The summed E-state index contributed by atoms with van der Waals surface area (Å²) in [7, 11) is 1.39. The second kappa shape index (κ2) is 12.6. The summed E-state index contributed by atoms with van der Waals surface area (Å²) in [5.74, 6) is -8.12. The Morgan fingerprint density at radius 1 is 1.00 bits per heavy atom. The Balaban J connectivity index is 1.42. The molecule has 0 aromatic heterocycles. The van der Waals surface area contributed by atoms with E-state index >= 15 is 4.79 Å². The van der Waals surface area contributed by atoms with E-state index < -0.39 is 70.4 Å². The van der Waals surface area contributed by atoms with Gasteiger partial charge in [-0.1, -0.05) is 47.5 Å². The summed E-state index contributed by atoms with van der Waals surface area (Å²) in [6, 6.07) is 16.6. The molecule has 13 heteroatoms. The zero-order valence-corrected chi connectivity index (χ0v) is 27.6. The number of halogens is 2. The van der Waals surface area contributed by atoms with Crippen molar-refractivity contribution in [3.8, 4) is 11.5 Å². The maximum absolute atomic E-state index is 15.1. The normalized spacial score (nSPS) is 27.1. The largest absolute Gasteiger partial charge is 0.504 e. The molecule has 4 aliphatic rings. The SMILES string of the molecule is COc1cccc([C@H]2C3=CC[C@@H]4C(=O)N(CCCC(=O)O)C(=O)[C@@H]4[C@@H]3C[C@H]3C(=O)N(Nc4ccc(F)cc4)C(=O)[C@@]23c2ccc(Cl)cc2)c1O. The number of likely N-dealkylation sites (tertiary alicyclic amines) is 1. The Morgan fingerprint density at radius 2 is 1.72 bits per heavy atom. The molecule has 4 amide bonds. The molecule has 258 valence electrons. The first-order chi connectivity index (χ1) is 24.0. The molecule has 0 spiro atoms. The van der Waals surface area contributed by atoms with E-state index in [0.717, 1.165) is 9.91 Å². The molecule has 2 aliphatic carbocycles. The third-order valence-electron chi connectivity index (χ3n) is 10.7. The number of allylic oxidation sites excluding steroid dienone is 2. The van der Waals surface area contributed by atoms with Crippen LogP contribution in [0.5, 0.6) is 11.5 Å². The third kappa shape index (κ3) is 5.03. The fourth-order valence-corrected chi connectivity index (χ4v) is 8.74. The van der Waals surface area contributed by atoms with Gasteiger partial charge in [0.2, 0.25) is 11.8 Å². The number of phenolic OH excluding ortho intramolecular Hbond substituents is 1. The standard InChI is InChI=1S/C37H33ClFN3O8/c1-50-28-5-2-4-25(32(28)45)31-23-15-16-24-30(35(48)41(33(24)46)17-3-6-29(43)44)26(23)18-27-34(47)42(40-22-13-11-21(39)12-14-22)36(49)37(27,31)19-7-9-20(38)10-8-19/h2,4-5,7-15,24,26-27,30-31,40,45H,3,6,16-18H2,1H3,(H,43,44)/t24-,26+,27-,30-,31+,37+/m0/s1. The Morgan fingerprint density at radius 3 is 2.40 bits per heavy atom. The summed E-state index contributed by atoms with van der Waals surface area (Å²) >= 11 is 6.31. The zero-order valence-electron chi connectivity index (χ0n) is 26.8. The number of hydrogen-bond acceptors (Lipinski definition) is 8. The molecule has 1 saturated carbocycles. The Bertz CT molecular complexity index is 1950. The quantitative estimate of drug-likeness (QED) is 0.206. The molecule has 6 atom stereocenters. The number of nitrogens with zero attached hydrogens (tertiary/aromatic N) is 2. The molecule has 3 aromatic rings. The number of rotatable bonds is 9. The van der Waals surface area contributed by atoms with Crippen molar-refractivity contribution in [3.63, 3.8) is 0 Å². The molecule has 0 unspecified atom stereocenters. The molecular formula is C37H33ClFN3O8. The number of para-hydroxylation sites is 1. The number of benzene rings is 3. The molecule has 0 bridgehead atoms. The molecular weight excluding hydrogens is 669 g/mol. The number of ether oxygens (including phenoxy) is 1. The highest BCUT2D eigenvalue weighted by atomic mass is 35.5. The van der Waals surface area contributed by atoms with Crippen molar-refractivity contribution in [2.24, 2.45) is 23.7 Å². The number of carboxylic acids is 1. The van der Waals surface area contributed by atoms with Gasteiger partial charge in [0.05, 0.1) is 36.0 Å². The maximum Gasteiger partial charge on any atom is 0.303 e. The van der Waals surface area contributed by atoms with E-state index in [0.29, 0.717) is 21.7 Å². The minimum Gasteiger partial charge on any atom is -0.504 e. The van der Waals surface area contributed by atoms with Gasteiger partial charge in [-0.25, -0.2) is 4.39 Å². The van der Waals surface area contributed by atoms with Crippen LogP contribution in [-0.4, -0.2) is 63.4 Å². The molecule has 7 rings (SSSR count). The lowest BCUT2D eigenvalue weighted by Crippen LogP contribution is -2.53. The van der Waals surface area contributed by atoms with Crippen LogP contribution in [-0.2, 0) is 29.4 Å². The van der Waals surface area contributed by atoms with Gasteiger partial charge in [-0.15, -0.1) is 0 Å². The van der Waals surface area contributed by atoms with E-state index in [1.54, 1.807) is 42.5 Å². The van der Waals surface area contributed by atoms with E-state index in [4.69, 9.17) is 21.4 Å². The number of anilines is 1. The highest BCUT2D eigenvalue weighted by molar-refractivity contribution is 6.30. The molecule has 50 heavy (non-hydrogen) atoms. The van der Waals surface area contributed by atoms with Gasteiger partial charge < -0.3 is 14.9 Å². The number of hydrogen-bond donors (Lipinski definition) is 3. The van der Waals surface area contributed by atoms with Crippen molar-refractivity contribution in [1.82, 2.24) is 9.91 Å². The third-order valence-corrected chi connectivity index (χ3v) is 10.9. The Kier molecular flexibility index (Phi) is 8.37. The number of amides is 4. The number of nitrogens with one attached hydrogen (secondary N) is 1. The highest BCUT2D eigenvalue weighted by Gasteiger charge is 2.70. The molecule has 3 aromatic carbocycles. The smallest absolute Gasteiger partial charge is 0.303 e. The van der Waals surface area contributed by atoms with Gasteiger partial charge in [0.1, 0.15) is 5.82 Å². The van der Waals surface area contributed by atoms with E-state index in [2.05, 4.69) is 5.43 Å². The summed E-state index contributed by atoms with van der Waals surface area (Å²) in [5, 5.41) is 22.2. The highest BCUT2D eigenvalue weighted by Crippen LogP contribution is 2.65. The number of phenols is 1. The Hall–Kier alpha value is -5.23. The average molecular weight is 702 g/mol. The summed E-state index contributed by atoms with van der Waals surface area (Å²) in [4.78, 5) is 69.8.